The topological polar surface area (TPSA) is 101 Å². The molecule has 160 valence electrons. The summed E-state index contributed by atoms with van der Waals surface area (Å²) >= 11 is 0. The normalized spacial score (nSPS) is 24.5. The van der Waals surface area contributed by atoms with Crippen LogP contribution in [-0.4, -0.2) is 47.1 Å². The van der Waals surface area contributed by atoms with E-state index in [2.05, 4.69) is 18.6 Å². The predicted octanol–water partition coefficient (Wildman–Crippen LogP) is 2.99. The number of Topliss-reactive ketones (excluding diaryl/α,β-unsaturated/α-hetero) is 2. The van der Waals surface area contributed by atoms with Gasteiger partial charge < -0.3 is 14.9 Å². The molecule has 0 aromatic rings. The molecule has 0 bridgehead atoms. The van der Waals surface area contributed by atoms with Gasteiger partial charge in [0, 0.05) is 37.5 Å². The minimum Gasteiger partial charge on any atom is -0.469 e. The number of rotatable bonds is 13. The van der Waals surface area contributed by atoms with E-state index in [9.17, 15) is 24.6 Å². The van der Waals surface area contributed by atoms with Gasteiger partial charge in [-0.15, -0.1) is 0 Å². The second-order valence-electron chi connectivity index (χ2n) is 8.03. The number of hydrogen-bond donors (Lipinski definition) is 2. The molecule has 1 rings (SSSR count). The van der Waals surface area contributed by atoms with Crippen LogP contribution in [0.15, 0.2) is 12.2 Å². The third kappa shape index (κ3) is 8.65. The first-order valence-electron chi connectivity index (χ1n) is 10.4. The summed E-state index contributed by atoms with van der Waals surface area (Å²) in [6.45, 7) is 4.20. The molecule has 2 N–H and O–H groups in total. The maximum absolute atomic E-state index is 12.2. The Kier molecular flexibility index (Phi) is 11.2. The van der Waals surface area contributed by atoms with Gasteiger partial charge in [-0.1, -0.05) is 38.8 Å². The molecule has 6 nitrogen and oxygen atoms in total. The zero-order chi connectivity index (χ0) is 21.1. The van der Waals surface area contributed by atoms with Crippen molar-refractivity contribution in [1.82, 2.24) is 0 Å². The van der Waals surface area contributed by atoms with Gasteiger partial charge in [0.05, 0.1) is 19.3 Å². The van der Waals surface area contributed by atoms with Gasteiger partial charge in [-0.05, 0) is 25.2 Å². The maximum atomic E-state index is 12.2. The van der Waals surface area contributed by atoms with Gasteiger partial charge in [0.25, 0.3) is 0 Å². The number of unbranched alkanes of at least 4 members (excludes halogenated alkanes) is 1. The Labute approximate surface area is 168 Å². The first-order chi connectivity index (χ1) is 13.3. The van der Waals surface area contributed by atoms with Gasteiger partial charge in [-0.2, -0.15) is 0 Å². The lowest BCUT2D eigenvalue weighted by Crippen LogP contribution is -2.22. The van der Waals surface area contributed by atoms with Crippen LogP contribution in [0.25, 0.3) is 0 Å². The van der Waals surface area contributed by atoms with Gasteiger partial charge >= 0.3 is 5.97 Å². The second-order valence-corrected chi connectivity index (χ2v) is 8.03. The number of carbonyl (C=O) groups excluding carboxylic acids is 3. The van der Waals surface area contributed by atoms with Crippen molar-refractivity contribution >= 4 is 17.5 Å². The monoisotopic (exact) mass is 396 g/mol. The maximum Gasteiger partial charge on any atom is 0.305 e. The fourth-order valence-electron chi connectivity index (χ4n) is 3.89. The summed E-state index contributed by atoms with van der Waals surface area (Å²) in [4.78, 5) is 35.5. The Balaban J connectivity index is 2.53. The smallest absolute Gasteiger partial charge is 0.305 e. The highest BCUT2D eigenvalue weighted by Crippen LogP contribution is 2.33. The van der Waals surface area contributed by atoms with E-state index in [-0.39, 0.29) is 36.8 Å². The number of esters is 1. The Morgan fingerprint density at radius 3 is 2.61 bits per heavy atom. The lowest BCUT2D eigenvalue weighted by molar-refractivity contribution is -0.140. The minimum atomic E-state index is -0.805. The molecule has 5 atom stereocenters. The van der Waals surface area contributed by atoms with Crippen molar-refractivity contribution in [3.05, 3.63) is 12.2 Å². The average molecular weight is 397 g/mol. The number of hydrogen-bond acceptors (Lipinski definition) is 6. The van der Waals surface area contributed by atoms with Crippen LogP contribution in [0.1, 0.15) is 71.6 Å². The molecule has 1 saturated carbocycles. The molecule has 0 amide bonds. The SMILES string of the molecule is CCC[C@H](C)CC(O)/C=C/[C@H]1C(O)CC(=O)[C@@H]1CC(=O)CCCCC(=O)OC. The van der Waals surface area contributed by atoms with Crippen LogP contribution in [0.5, 0.6) is 0 Å². The quantitative estimate of drug-likeness (QED) is 0.282. The largest absolute Gasteiger partial charge is 0.469 e. The molecule has 1 aliphatic carbocycles. The van der Waals surface area contributed by atoms with Crippen LogP contribution >= 0.6 is 0 Å². The Bertz CT molecular complexity index is 541. The lowest BCUT2D eigenvalue weighted by Gasteiger charge is -2.18. The number of ether oxygens (including phenoxy) is 1. The van der Waals surface area contributed by atoms with E-state index in [1.54, 1.807) is 12.2 Å². The van der Waals surface area contributed by atoms with Crippen molar-refractivity contribution < 1.29 is 29.3 Å². The Morgan fingerprint density at radius 2 is 1.96 bits per heavy atom. The molecule has 28 heavy (non-hydrogen) atoms. The molecule has 0 aromatic heterocycles. The third-order valence-electron chi connectivity index (χ3n) is 5.48. The van der Waals surface area contributed by atoms with E-state index in [4.69, 9.17) is 0 Å². The van der Waals surface area contributed by atoms with Gasteiger partial charge in [0.1, 0.15) is 11.6 Å². The molecule has 0 aromatic carbocycles. The first-order valence-corrected chi connectivity index (χ1v) is 10.4. The number of methoxy groups -OCH3 is 1. The van der Waals surface area contributed by atoms with Gasteiger partial charge in [-0.25, -0.2) is 0 Å². The number of ketones is 2. The molecule has 1 fully saturated rings. The van der Waals surface area contributed by atoms with Crippen LogP contribution in [-0.2, 0) is 19.1 Å². The van der Waals surface area contributed by atoms with Crippen LogP contribution in [0.3, 0.4) is 0 Å². The summed E-state index contributed by atoms with van der Waals surface area (Å²) < 4.78 is 4.56. The van der Waals surface area contributed by atoms with Gasteiger partial charge in [0.2, 0.25) is 0 Å². The fourth-order valence-corrected chi connectivity index (χ4v) is 3.89. The van der Waals surface area contributed by atoms with E-state index in [0.717, 1.165) is 12.8 Å². The molecule has 0 spiro atoms. The zero-order valence-electron chi connectivity index (χ0n) is 17.4. The highest BCUT2D eigenvalue weighted by Gasteiger charge is 2.40. The van der Waals surface area contributed by atoms with Crippen LogP contribution in [0, 0.1) is 17.8 Å². The van der Waals surface area contributed by atoms with Gasteiger partial charge in [-0.3, -0.25) is 14.4 Å². The van der Waals surface area contributed by atoms with Crippen LogP contribution in [0.4, 0.5) is 0 Å². The molecule has 0 aliphatic heterocycles. The minimum absolute atomic E-state index is 0.0344. The lowest BCUT2D eigenvalue weighted by atomic mass is 9.87. The summed E-state index contributed by atoms with van der Waals surface area (Å²) in [6, 6.07) is 0. The Hall–Kier alpha value is -1.53. The van der Waals surface area contributed by atoms with Gasteiger partial charge in [0.15, 0.2) is 0 Å². The van der Waals surface area contributed by atoms with Crippen LogP contribution < -0.4 is 0 Å². The van der Waals surface area contributed by atoms with Crippen molar-refractivity contribution in [2.75, 3.05) is 7.11 Å². The number of carbonyl (C=O) groups is 3. The van der Waals surface area contributed by atoms with Crippen molar-refractivity contribution in [2.45, 2.75) is 83.8 Å². The predicted molar refractivity (Wildman–Crippen MR) is 107 cm³/mol. The molecule has 0 radical (unpaired) electrons. The molecule has 0 saturated heterocycles. The van der Waals surface area contributed by atoms with E-state index in [0.29, 0.717) is 31.6 Å². The van der Waals surface area contributed by atoms with E-state index < -0.39 is 24.0 Å². The number of aliphatic hydroxyl groups excluding tert-OH is 2. The average Bonchev–Trinajstić information content (AvgIpc) is 2.89. The summed E-state index contributed by atoms with van der Waals surface area (Å²) in [5, 5.41) is 20.4. The highest BCUT2D eigenvalue weighted by atomic mass is 16.5. The summed E-state index contributed by atoms with van der Waals surface area (Å²) in [5.41, 5.74) is 0. The first kappa shape index (κ1) is 24.5. The second kappa shape index (κ2) is 12.8. The van der Waals surface area contributed by atoms with Crippen molar-refractivity contribution in [2.24, 2.45) is 17.8 Å². The summed E-state index contributed by atoms with van der Waals surface area (Å²) in [7, 11) is 1.33. The Morgan fingerprint density at radius 1 is 1.29 bits per heavy atom. The molecular weight excluding hydrogens is 360 g/mol. The number of aliphatic hydroxyl groups is 2. The van der Waals surface area contributed by atoms with Crippen LogP contribution in [0.2, 0.25) is 0 Å². The van der Waals surface area contributed by atoms with E-state index in [1.165, 1.54) is 7.11 Å². The molecular formula is C22H36O6. The summed E-state index contributed by atoms with van der Waals surface area (Å²) in [5.74, 6) is -0.977. The standard InChI is InChI=1S/C22H36O6/c1-4-7-15(2)12-17(24)10-11-18-19(21(26)14-20(18)25)13-16(23)8-5-6-9-22(27)28-3/h10-11,15,17-20,24-25H,4-9,12-14H2,1-3H3/b11-10+/t15-,17?,18+,19+,20?/m0/s1. The van der Waals surface area contributed by atoms with Crippen molar-refractivity contribution in [3.63, 3.8) is 0 Å². The highest BCUT2D eigenvalue weighted by molar-refractivity contribution is 5.90. The fraction of sp³-hybridized carbons (Fsp3) is 0.773. The molecule has 1 aliphatic rings. The van der Waals surface area contributed by atoms with E-state index in [1.807, 2.05) is 0 Å². The zero-order valence-corrected chi connectivity index (χ0v) is 17.4. The van der Waals surface area contributed by atoms with Crippen molar-refractivity contribution in [1.29, 1.82) is 0 Å². The molecule has 6 heteroatoms. The van der Waals surface area contributed by atoms with E-state index >= 15 is 0 Å². The van der Waals surface area contributed by atoms with Crippen molar-refractivity contribution in [3.8, 4) is 0 Å². The molecule has 2 unspecified atom stereocenters. The summed E-state index contributed by atoms with van der Waals surface area (Å²) in [6.07, 6.45) is 6.61. The molecule has 0 heterocycles. The third-order valence-corrected chi connectivity index (χ3v) is 5.48.